The van der Waals surface area contributed by atoms with E-state index in [-0.39, 0.29) is 11.3 Å². The molecule has 1 aromatic rings. The average molecular weight is 273 g/mol. The third-order valence-corrected chi connectivity index (χ3v) is 2.86. The van der Waals surface area contributed by atoms with Gasteiger partial charge in [0, 0.05) is 0 Å². The van der Waals surface area contributed by atoms with Crippen LogP contribution in [0.2, 0.25) is 0 Å². The second kappa shape index (κ2) is 4.66. The first-order valence-corrected chi connectivity index (χ1v) is 5.44. The summed E-state index contributed by atoms with van der Waals surface area (Å²) in [5, 5.41) is 9.75. The number of rotatable bonds is 2. The Morgan fingerprint density at radius 3 is 2.67 bits per heavy atom. The summed E-state index contributed by atoms with van der Waals surface area (Å²) in [5.74, 6) is -0.548. The summed E-state index contributed by atoms with van der Waals surface area (Å²) in [6, 6.07) is 1.77. The van der Waals surface area contributed by atoms with Crippen LogP contribution in [0.1, 0.15) is 28.4 Å². The Bertz CT molecular complexity index is 373. The lowest BCUT2D eigenvalue weighted by Crippen LogP contribution is -2.08. The molecule has 0 saturated heterocycles. The first-order chi connectivity index (χ1) is 6.99. The standard InChI is InChI=1S/C11H13BrO3/c1-4-15-11(14)9-7(3)6(2)5-8(12)10(9)13/h5,13H,4H2,1-3H3. The molecule has 0 saturated carbocycles. The van der Waals surface area contributed by atoms with Gasteiger partial charge in [-0.25, -0.2) is 4.79 Å². The molecule has 4 heteroatoms. The van der Waals surface area contributed by atoms with Crippen molar-refractivity contribution in [2.45, 2.75) is 20.8 Å². The molecule has 0 aliphatic heterocycles. The van der Waals surface area contributed by atoms with Gasteiger partial charge in [-0.1, -0.05) is 0 Å². The second-order valence-corrected chi connectivity index (χ2v) is 4.10. The maximum Gasteiger partial charge on any atom is 0.342 e. The van der Waals surface area contributed by atoms with Crippen LogP contribution in [-0.2, 0) is 4.74 Å². The topological polar surface area (TPSA) is 46.5 Å². The monoisotopic (exact) mass is 272 g/mol. The number of halogens is 1. The molecule has 82 valence electrons. The Hall–Kier alpha value is -1.03. The van der Waals surface area contributed by atoms with Gasteiger partial charge < -0.3 is 9.84 Å². The molecule has 0 amide bonds. The Kier molecular flexibility index (Phi) is 3.74. The smallest absolute Gasteiger partial charge is 0.342 e. The molecule has 1 aromatic carbocycles. The summed E-state index contributed by atoms with van der Waals surface area (Å²) in [6.07, 6.45) is 0. The molecule has 0 bridgehead atoms. The number of benzene rings is 1. The van der Waals surface area contributed by atoms with Gasteiger partial charge in [0.05, 0.1) is 11.1 Å². The highest BCUT2D eigenvalue weighted by Crippen LogP contribution is 2.32. The van der Waals surface area contributed by atoms with Crippen LogP contribution in [0.3, 0.4) is 0 Å². The van der Waals surface area contributed by atoms with Crippen molar-refractivity contribution < 1.29 is 14.6 Å². The molecule has 0 aliphatic rings. The Labute approximate surface area is 97.2 Å². The molecule has 15 heavy (non-hydrogen) atoms. The maximum absolute atomic E-state index is 11.6. The number of hydrogen-bond donors (Lipinski definition) is 1. The fourth-order valence-corrected chi connectivity index (χ4v) is 1.86. The molecular weight excluding hydrogens is 260 g/mol. The first-order valence-electron chi connectivity index (χ1n) is 4.64. The van der Waals surface area contributed by atoms with Crippen molar-refractivity contribution in [2.75, 3.05) is 6.61 Å². The molecule has 0 aromatic heterocycles. The van der Waals surface area contributed by atoms with Crippen LogP contribution in [0, 0.1) is 13.8 Å². The van der Waals surface area contributed by atoms with Crippen LogP contribution in [0.4, 0.5) is 0 Å². The zero-order valence-corrected chi connectivity index (χ0v) is 10.5. The summed E-state index contributed by atoms with van der Waals surface area (Å²) in [4.78, 5) is 11.6. The van der Waals surface area contributed by atoms with Gasteiger partial charge in [-0.05, 0) is 53.9 Å². The fourth-order valence-electron chi connectivity index (χ4n) is 1.31. The predicted molar refractivity (Wildman–Crippen MR) is 61.2 cm³/mol. The number of carbonyl (C=O) groups excluding carboxylic acids is 1. The predicted octanol–water partition coefficient (Wildman–Crippen LogP) is 2.95. The van der Waals surface area contributed by atoms with Gasteiger partial charge >= 0.3 is 5.97 Å². The number of esters is 1. The van der Waals surface area contributed by atoms with E-state index < -0.39 is 5.97 Å². The van der Waals surface area contributed by atoms with E-state index in [0.717, 1.165) is 11.1 Å². The zero-order valence-electron chi connectivity index (χ0n) is 8.93. The molecule has 0 atom stereocenters. The van der Waals surface area contributed by atoms with Gasteiger partial charge in [-0.15, -0.1) is 0 Å². The van der Waals surface area contributed by atoms with Crippen LogP contribution < -0.4 is 0 Å². The summed E-state index contributed by atoms with van der Waals surface area (Å²) >= 11 is 3.19. The Balaban J connectivity index is 3.32. The van der Waals surface area contributed by atoms with Crippen molar-refractivity contribution in [1.29, 1.82) is 0 Å². The number of aromatic hydroxyl groups is 1. The molecule has 1 N–H and O–H groups in total. The van der Waals surface area contributed by atoms with Gasteiger partial charge in [0.1, 0.15) is 11.3 Å². The summed E-state index contributed by atoms with van der Waals surface area (Å²) < 4.78 is 5.39. The second-order valence-electron chi connectivity index (χ2n) is 3.24. The lowest BCUT2D eigenvalue weighted by atomic mass is 10.0. The van der Waals surface area contributed by atoms with E-state index >= 15 is 0 Å². The van der Waals surface area contributed by atoms with Crippen LogP contribution >= 0.6 is 15.9 Å². The fraction of sp³-hybridized carbons (Fsp3) is 0.364. The Morgan fingerprint density at radius 1 is 1.53 bits per heavy atom. The molecule has 1 rings (SSSR count). The highest BCUT2D eigenvalue weighted by molar-refractivity contribution is 9.10. The van der Waals surface area contributed by atoms with Gasteiger partial charge in [-0.2, -0.15) is 0 Å². The third-order valence-electron chi connectivity index (χ3n) is 2.25. The largest absolute Gasteiger partial charge is 0.506 e. The highest BCUT2D eigenvalue weighted by Gasteiger charge is 2.19. The van der Waals surface area contributed by atoms with Crippen molar-refractivity contribution in [1.82, 2.24) is 0 Å². The van der Waals surface area contributed by atoms with Gasteiger partial charge in [0.25, 0.3) is 0 Å². The van der Waals surface area contributed by atoms with Gasteiger partial charge in [-0.3, -0.25) is 0 Å². The number of phenolic OH excluding ortho intramolecular Hbond substituents is 1. The van der Waals surface area contributed by atoms with E-state index in [9.17, 15) is 9.90 Å². The molecule has 0 unspecified atom stereocenters. The van der Waals surface area contributed by atoms with E-state index in [4.69, 9.17) is 4.74 Å². The minimum absolute atomic E-state index is 0.0587. The molecule has 0 spiro atoms. The minimum atomic E-state index is -0.489. The van der Waals surface area contributed by atoms with Gasteiger partial charge in [0.2, 0.25) is 0 Å². The lowest BCUT2D eigenvalue weighted by molar-refractivity contribution is 0.0522. The Morgan fingerprint density at radius 2 is 2.13 bits per heavy atom. The molecule has 0 aliphatic carbocycles. The van der Waals surface area contributed by atoms with E-state index in [1.165, 1.54) is 0 Å². The quantitative estimate of drug-likeness (QED) is 0.843. The summed E-state index contributed by atoms with van der Waals surface area (Å²) in [7, 11) is 0. The average Bonchev–Trinajstić information content (AvgIpc) is 2.16. The normalized spacial score (nSPS) is 10.1. The molecule has 0 fully saturated rings. The third kappa shape index (κ3) is 2.31. The van der Waals surface area contributed by atoms with E-state index in [0.29, 0.717) is 11.1 Å². The lowest BCUT2D eigenvalue weighted by Gasteiger charge is -2.11. The van der Waals surface area contributed by atoms with Crippen molar-refractivity contribution in [3.8, 4) is 5.75 Å². The van der Waals surface area contributed by atoms with Gasteiger partial charge in [0.15, 0.2) is 0 Å². The van der Waals surface area contributed by atoms with Crippen molar-refractivity contribution in [2.24, 2.45) is 0 Å². The number of phenols is 1. The minimum Gasteiger partial charge on any atom is -0.506 e. The van der Waals surface area contributed by atoms with Crippen LogP contribution in [0.5, 0.6) is 5.75 Å². The molecule has 0 heterocycles. The molecule has 0 radical (unpaired) electrons. The van der Waals surface area contributed by atoms with E-state index in [2.05, 4.69) is 15.9 Å². The highest BCUT2D eigenvalue weighted by atomic mass is 79.9. The number of hydrogen-bond acceptors (Lipinski definition) is 3. The van der Waals surface area contributed by atoms with Crippen molar-refractivity contribution in [3.63, 3.8) is 0 Å². The maximum atomic E-state index is 11.6. The number of ether oxygens (including phenoxy) is 1. The summed E-state index contributed by atoms with van der Waals surface area (Å²) in [5.41, 5.74) is 1.92. The molecule has 3 nitrogen and oxygen atoms in total. The first kappa shape index (κ1) is 12.0. The SMILES string of the molecule is CCOC(=O)c1c(C)c(C)cc(Br)c1O. The molecular formula is C11H13BrO3. The number of aryl methyl sites for hydroxylation is 1. The van der Waals surface area contributed by atoms with Crippen molar-refractivity contribution in [3.05, 3.63) is 27.2 Å². The van der Waals surface area contributed by atoms with E-state index in [1.807, 2.05) is 6.92 Å². The summed E-state index contributed by atoms with van der Waals surface area (Å²) in [6.45, 7) is 5.69. The van der Waals surface area contributed by atoms with Crippen LogP contribution in [-0.4, -0.2) is 17.7 Å². The van der Waals surface area contributed by atoms with Crippen LogP contribution in [0.15, 0.2) is 10.5 Å². The van der Waals surface area contributed by atoms with E-state index in [1.54, 1.807) is 19.9 Å². The zero-order chi connectivity index (χ0) is 11.6. The van der Waals surface area contributed by atoms with Crippen LogP contribution in [0.25, 0.3) is 0 Å². The van der Waals surface area contributed by atoms with Crippen molar-refractivity contribution >= 4 is 21.9 Å². The number of carbonyl (C=O) groups is 1.